The van der Waals surface area contributed by atoms with Crippen molar-refractivity contribution in [3.05, 3.63) is 35.6 Å². The molecular weight excluding hydrogens is 167 g/mol. The molecule has 2 heteroatoms. The van der Waals surface area contributed by atoms with Gasteiger partial charge in [0.2, 0.25) is 0 Å². The van der Waals surface area contributed by atoms with Gasteiger partial charge in [-0.15, -0.1) is 0 Å². The zero-order chi connectivity index (χ0) is 9.31. The summed E-state index contributed by atoms with van der Waals surface area (Å²) < 4.78 is 12.8. The molecule has 1 saturated carbocycles. The number of rotatable bonds is 3. The van der Waals surface area contributed by atoms with Crippen LogP contribution < -0.4 is 0 Å². The van der Waals surface area contributed by atoms with Gasteiger partial charge >= 0.3 is 0 Å². The lowest BCUT2D eigenvalue weighted by Crippen LogP contribution is -2.09. The molecule has 2 rings (SSSR count). The predicted octanol–water partition coefficient (Wildman–Crippen LogP) is 2.14. The van der Waals surface area contributed by atoms with Gasteiger partial charge in [0.15, 0.2) is 0 Å². The topological polar surface area (TPSA) is 20.2 Å². The van der Waals surface area contributed by atoms with E-state index in [1.54, 1.807) is 12.1 Å². The first-order chi connectivity index (χ1) is 6.24. The van der Waals surface area contributed by atoms with Crippen molar-refractivity contribution in [3.63, 3.8) is 0 Å². The Bertz CT molecular complexity index is 305. The number of benzene rings is 1. The van der Waals surface area contributed by atoms with Crippen LogP contribution in [0, 0.1) is 11.2 Å². The van der Waals surface area contributed by atoms with Crippen LogP contribution >= 0.6 is 0 Å². The Morgan fingerprint density at radius 3 is 2.69 bits per heavy atom. The highest BCUT2D eigenvalue weighted by atomic mass is 19.1. The van der Waals surface area contributed by atoms with E-state index in [4.69, 9.17) is 5.11 Å². The Hall–Kier alpha value is -0.890. The predicted molar refractivity (Wildman–Crippen MR) is 48.9 cm³/mol. The molecule has 0 aliphatic heterocycles. The van der Waals surface area contributed by atoms with Crippen LogP contribution in [0.4, 0.5) is 4.39 Å². The summed E-state index contributed by atoms with van der Waals surface area (Å²) in [4.78, 5) is 0. The Kier molecular flexibility index (Phi) is 2.08. The maximum absolute atomic E-state index is 12.8. The van der Waals surface area contributed by atoms with Crippen LogP contribution in [0.15, 0.2) is 24.3 Å². The van der Waals surface area contributed by atoms with E-state index in [1.165, 1.54) is 6.07 Å². The lowest BCUT2D eigenvalue weighted by atomic mass is 9.97. The van der Waals surface area contributed by atoms with E-state index in [0.717, 1.165) is 24.8 Å². The van der Waals surface area contributed by atoms with Crippen LogP contribution in [0.5, 0.6) is 0 Å². The Morgan fingerprint density at radius 2 is 2.15 bits per heavy atom. The summed E-state index contributed by atoms with van der Waals surface area (Å²) in [7, 11) is 0. The summed E-state index contributed by atoms with van der Waals surface area (Å²) >= 11 is 0. The number of hydrogen-bond acceptors (Lipinski definition) is 1. The quantitative estimate of drug-likeness (QED) is 0.755. The zero-order valence-corrected chi connectivity index (χ0v) is 7.46. The maximum Gasteiger partial charge on any atom is 0.123 e. The summed E-state index contributed by atoms with van der Waals surface area (Å²) in [6.45, 7) is 0.226. The molecule has 0 heterocycles. The Labute approximate surface area is 77.2 Å². The molecule has 1 nitrogen and oxygen atoms in total. The Balaban J connectivity index is 2.09. The molecule has 0 unspecified atom stereocenters. The van der Waals surface area contributed by atoms with Gasteiger partial charge in [-0.25, -0.2) is 4.39 Å². The van der Waals surface area contributed by atoms with Crippen molar-refractivity contribution in [2.45, 2.75) is 19.3 Å². The average molecular weight is 180 g/mol. The van der Waals surface area contributed by atoms with E-state index in [0.29, 0.717) is 0 Å². The minimum Gasteiger partial charge on any atom is -0.396 e. The van der Waals surface area contributed by atoms with Crippen molar-refractivity contribution in [2.24, 2.45) is 5.41 Å². The van der Waals surface area contributed by atoms with E-state index in [-0.39, 0.29) is 17.8 Å². The van der Waals surface area contributed by atoms with Gasteiger partial charge in [0.25, 0.3) is 0 Å². The molecule has 0 saturated heterocycles. The lowest BCUT2D eigenvalue weighted by molar-refractivity contribution is 0.211. The van der Waals surface area contributed by atoms with Gasteiger partial charge in [0.1, 0.15) is 5.82 Å². The minimum atomic E-state index is -0.189. The van der Waals surface area contributed by atoms with E-state index < -0.39 is 0 Å². The molecule has 0 bridgehead atoms. The first-order valence-electron chi connectivity index (χ1n) is 4.59. The van der Waals surface area contributed by atoms with Gasteiger partial charge in [-0.1, -0.05) is 12.1 Å². The van der Waals surface area contributed by atoms with Gasteiger partial charge in [0.05, 0.1) is 0 Å². The van der Waals surface area contributed by atoms with E-state index in [1.807, 2.05) is 6.07 Å². The molecule has 1 aromatic carbocycles. The molecule has 1 fully saturated rings. The van der Waals surface area contributed by atoms with Gasteiger partial charge in [-0.2, -0.15) is 0 Å². The lowest BCUT2D eigenvalue weighted by Gasteiger charge is -2.10. The third-order valence-electron chi connectivity index (χ3n) is 2.76. The molecule has 1 aromatic rings. The number of hydrogen-bond donors (Lipinski definition) is 1. The van der Waals surface area contributed by atoms with Crippen molar-refractivity contribution in [1.82, 2.24) is 0 Å². The fourth-order valence-corrected chi connectivity index (χ4v) is 1.65. The molecule has 1 aliphatic rings. The number of aliphatic hydroxyl groups is 1. The number of aliphatic hydroxyl groups excluding tert-OH is 1. The summed E-state index contributed by atoms with van der Waals surface area (Å²) in [6.07, 6.45) is 2.95. The second kappa shape index (κ2) is 3.11. The molecule has 1 aliphatic carbocycles. The maximum atomic E-state index is 12.8. The fourth-order valence-electron chi connectivity index (χ4n) is 1.65. The van der Waals surface area contributed by atoms with E-state index in [2.05, 4.69) is 0 Å². The van der Waals surface area contributed by atoms with Crippen molar-refractivity contribution < 1.29 is 9.50 Å². The van der Waals surface area contributed by atoms with Crippen LogP contribution in [0.2, 0.25) is 0 Å². The van der Waals surface area contributed by atoms with Gasteiger partial charge < -0.3 is 5.11 Å². The van der Waals surface area contributed by atoms with Crippen molar-refractivity contribution in [1.29, 1.82) is 0 Å². The second-order valence-corrected chi connectivity index (χ2v) is 3.96. The molecule has 0 atom stereocenters. The molecule has 0 radical (unpaired) electrons. The van der Waals surface area contributed by atoms with Crippen LogP contribution in [0.3, 0.4) is 0 Å². The highest BCUT2D eigenvalue weighted by Crippen LogP contribution is 2.47. The third kappa shape index (κ3) is 1.89. The SMILES string of the molecule is OCC1(Cc2cccc(F)c2)CC1. The first kappa shape index (κ1) is 8.70. The molecule has 13 heavy (non-hydrogen) atoms. The molecule has 0 spiro atoms. The van der Waals surface area contributed by atoms with Crippen LogP contribution in [-0.2, 0) is 6.42 Å². The summed E-state index contributed by atoms with van der Waals surface area (Å²) in [5.74, 6) is -0.189. The molecular formula is C11H13FO. The zero-order valence-electron chi connectivity index (χ0n) is 7.46. The smallest absolute Gasteiger partial charge is 0.123 e. The van der Waals surface area contributed by atoms with E-state index in [9.17, 15) is 4.39 Å². The van der Waals surface area contributed by atoms with Gasteiger partial charge in [0, 0.05) is 6.61 Å². The second-order valence-electron chi connectivity index (χ2n) is 3.96. The highest BCUT2D eigenvalue weighted by molar-refractivity contribution is 5.19. The third-order valence-corrected chi connectivity index (χ3v) is 2.76. The molecule has 0 aromatic heterocycles. The number of halogens is 1. The van der Waals surface area contributed by atoms with Crippen LogP contribution in [0.1, 0.15) is 18.4 Å². The largest absolute Gasteiger partial charge is 0.396 e. The van der Waals surface area contributed by atoms with Crippen molar-refractivity contribution in [2.75, 3.05) is 6.61 Å². The van der Waals surface area contributed by atoms with Gasteiger partial charge in [-0.3, -0.25) is 0 Å². The van der Waals surface area contributed by atoms with Crippen LogP contribution in [-0.4, -0.2) is 11.7 Å². The van der Waals surface area contributed by atoms with E-state index >= 15 is 0 Å². The normalized spacial score (nSPS) is 18.6. The molecule has 0 amide bonds. The molecule has 1 N–H and O–H groups in total. The molecule has 70 valence electrons. The summed E-state index contributed by atoms with van der Waals surface area (Å²) in [5.41, 5.74) is 1.07. The van der Waals surface area contributed by atoms with Crippen molar-refractivity contribution >= 4 is 0 Å². The minimum absolute atomic E-state index is 0.0772. The van der Waals surface area contributed by atoms with Crippen LogP contribution in [0.25, 0.3) is 0 Å². The van der Waals surface area contributed by atoms with Gasteiger partial charge in [-0.05, 0) is 42.4 Å². The first-order valence-corrected chi connectivity index (χ1v) is 4.59. The highest BCUT2D eigenvalue weighted by Gasteiger charge is 2.41. The summed E-state index contributed by atoms with van der Waals surface area (Å²) in [6, 6.07) is 6.63. The average Bonchev–Trinajstić information content (AvgIpc) is 2.86. The van der Waals surface area contributed by atoms with Crippen molar-refractivity contribution in [3.8, 4) is 0 Å². The standard InChI is InChI=1S/C11H13FO/c12-10-3-1-2-9(6-10)7-11(8-13)4-5-11/h1-3,6,13H,4-5,7-8H2. The summed E-state index contributed by atoms with van der Waals surface area (Å²) in [5, 5.41) is 9.09. The fraction of sp³-hybridized carbons (Fsp3) is 0.455. The Morgan fingerprint density at radius 1 is 1.38 bits per heavy atom. The monoisotopic (exact) mass is 180 g/mol.